The first-order valence-corrected chi connectivity index (χ1v) is 9.29. The Labute approximate surface area is 158 Å². The molecule has 2 aromatic carbocycles. The molecule has 1 N–H and O–H groups in total. The molecule has 0 bridgehead atoms. The van der Waals surface area contributed by atoms with Gasteiger partial charge in [0.1, 0.15) is 6.54 Å². The molecular formula is C19H17F3N2O2S. The van der Waals surface area contributed by atoms with Crippen molar-refractivity contribution < 1.29 is 22.8 Å². The van der Waals surface area contributed by atoms with Crippen LogP contribution in [0.2, 0.25) is 0 Å². The van der Waals surface area contributed by atoms with E-state index >= 15 is 0 Å². The zero-order chi connectivity index (χ0) is 19.4. The number of rotatable bonds is 5. The number of amides is 2. The van der Waals surface area contributed by atoms with E-state index in [0.717, 1.165) is 29.4 Å². The zero-order valence-corrected chi connectivity index (χ0v) is 15.1. The fraction of sp³-hybridized carbons (Fsp3) is 0.263. The smallest absolute Gasteiger partial charge is 0.343 e. The summed E-state index contributed by atoms with van der Waals surface area (Å²) in [6.45, 7) is -0.791. The van der Waals surface area contributed by atoms with Crippen molar-refractivity contribution in [3.63, 3.8) is 0 Å². The minimum Gasteiger partial charge on any atom is -0.343 e. The van der Waals surface area contributed by atoms with E-state index < -0.39 is 18.6 Å². The number of benzene rings is 2. The van der Waals surface area contributed by atoms with Gasteiger partial charge in [-0.2, -0.15) is 13.2 Å². The lowest BCUT2D eigenvalue weighted by Crippen LogP contribution is -2.34. The minimum absolute atomic E-state index is 0.0951. The predicted molar refractivity (Wildman–Crippen MR) is 98.1 cm³/mol. The van der Waals surface area contributed by atoms with E-state index in [9.17, 15) is 22.8 Å². The number of fused-ring (bicyclic) bond motifs is 1. The van der Waals surface area contributed by atoms with Gasteiger partial charge in [0, 0.05) is 17.1 Å². The maximum absolute atomic E-state index is 12.6. The van der Waals surface area contributed by atoms with Crippen LogP contribution in [0.3, 0.4) is 0 Å². The monoisotopic (exact) mass is 394 g/mol. The van der Waals surface area contributed by atoms with Gasteiger partial charge in [0.2, 0.25) is 5.91 Å². The van der Waals surface area contributed by atoms with Gasteiger partial charge in [-0.25, -0.2) is 0 Å². The molecule has 0 aromatic heterocycles. The molecule has 8 heteroatoms. The van der Waals surface area contributed by atoms with Gasteiger partial charge in [-0.15, -0.1) is 11.8 Å². The van der Waals surface area contributed by atoms with Crippen LogP contribution in [0, 0.1) is 0 Å². The van der Waals surface area contributed by atoms with Gasteiger partial charge in [0.25, 0.3) is 5.91 Å². The van der Waals surface area contributed by atoms with E-state index in [1.54, 1.807) is 23.1 Å². The average molecular weight is 394 g/mol. The summed E-state index contributed by atoms with van der Waals surface area (Å²) in [7, 11) is 0. The third-order valence-electron chi connectivity index (χ3n) is 4.12. The summed E-state index contributed by atoms with van der Waals surface area (Å²) in [6, 6.07) is 14.0. The summed E-state index contributed by atoms with van der Waals surface area (Å²) in [5.41, 5.74) is 2.13. The van der Waals surface area contributed by atoms with Gasteiger partial charge in [-0.3, -0.25) is 9.59 Å². The van der Waals surface area contributed by atoms with Crippen LogP contribution < -0.4 is 10.2 Å². The van der Waals surface area contributed by atoms with E-state index in [2.05, 4.69) is 0 Å². The van der Waals surface area contributed by atoms with Crippen LogP contribution in [0.5, 0.6) is 0 Å². The van der Waals surface area contributed by atoms with E-state index in [1.807, 2.05) is 29.6 Å². The summed E-state index contributed by atoms with van der Waals surface area (Å²) >= 11 is 1.15. The van der Waals surface area contributed by atoms with Crippen LogP contribution in [-0.2, 0) is 11.2 Å². The van der Waals surface area contributed by atoms with E-state index in [-0.39, 0.29) is 17.2 Å². The molecule has 1 aliphatic rings. The lowest BCUT2D eigenvalue weighted by Gasteiger charge is -2.17. The Hall–Kier alpha value is -2.48. The highest BCUT2D eigenvalue weighted by molar-refractivity contribution is 8.00. The molecule has 0 atom stereocenters. The maximum Gasteiger partial charge on any atom is 0.405 e. The highest BCUT2D eigenvalue weighted by Crippen LogP contribution is 2.29. The van der Waals surface area contributed by atoms with Crippen molar-refractivity contribution in [2.75, 3.05) is 23.7 Å². The molecule has 0 saturated carbocycles. The highest BCUT2D eigenvalue weighted by atomic mass is 32.2. The second-order valence-electron chi connectivity index (χ2n) is 6.01. The Morgan fingerprint density at radius 2 is 1.78 bits per heavy atom. The van der Waals surface area contributed by atoms with Gasteiger partial charge in [-0.1, -0.05) is 30.3 Å². The van der Waals surface area contributed by atoms with Gasteiger partial charge >= 0.3 is 6.18 Å². The Morgan fingerprint density at radius 1 is 1.07 bits per heavy atom. The minimum atomic E-state index is -4.48. The first kappa shape index (κ1) is 19.3. The van der Waals surface area contributed by atoms with Crippen LogP contribution in [0.1, 0.15) is 15.9 Å². The number of nitrogens with zero attached hydrogens (tertiary/aromatic N) is 1. The van der Waals surface area contributed by atoms with E-state index in [0.29, 0.717) is 11.4 Å². The SMILES string of the molecule is O=C(NCC(F)(F)F)c1ccccc1SCC(=O)N1CCc2ccccc21. The first-order valence-electron chi connectivity index (χ1n) is 8.30. The number of para-hydroxylation sites is 1. The number of halogens is 3. The van der Waals surface area contributed by atoms with Crippen LogP contribution in [-0.4, -0.2) is 36.8 Å². The second kappa shape index (κ2) is 8.04. The van der Waals surface area contributed by atoms with Gasteiger partial charge < -0.3 is 10.2 Å². The third kappa shape index (κ3) is 4.82. The molecule has 0 saturated heterocycles. The average Bonchev–Trinajstić information content (AvgIpc) is 3.08. The Bertz CT molecular complexity index is 855. The van der Waals surface area contributed by atoms with E-state index in [4.69, 9.17) is 0 Å². The van der Waals surface area contributed by atoms with Crippen LogP contribution in [0.15, 0.2) is 53.4 Å². The van der Waals surface area contributed by atoms with Crippen molar-refractivity contribution in [3.05, 3.63) is 59.7 Å². The molecule has 0 radical (unpaired) electrons. The molecule has 1 aliphatic heterocycles. The molecule has 0 unspecified atom stereocenters. The third-order valence-corrected chi connectivity index (χ3v) is 5.18. The van der Waals surface area contributed by atoms with Crippen molar-refractivity contribution in [1.29, 1.82) is 0 Å². The normalized spacial score (nSPS) is 13.4. The molecule has 3 rings (SSSR count). The van der Waals surface area contributed by atoms with Gasteiger partial charge in [0.15, 0.2) is 0 Å². The maximum atomic E-state index is 12.6. The largest absolute Gasteiger partial charge is 0.405 e. The van der Waals surface area contributed by atoms with Crippen LogP contribution >= 0.6 is 11.8 Å². The molecule has 2 amide bonds. The number of anilines is 1. The molecule has 0 spiro atoms. The first-order chi connectivity index (χ1) is 12.8. The Kier molecular flexibility index (Phi) is 5.74. The fourth-order valence-electron chi connectivity index (χ4n) is 2.87. The summed E-state index contributed by atoms with van der Waals surface area (Å²) in [5.74, 6) is -0.817. The fourth-order valence-corrected chi connectivity index (χ4v) is 3.80. The highest BCUT2D eigenvalue weighted by Gasteiger charge is 2.28. The number of carbonyl (C=O) groups excluding carboxylic acids is 2. The standard InChI is InChI=1S/C19H17F3N2O2S/c20-19(21,22)12-23-18(26)14-6-2-4-8-16(14)27-11-17(25)24-10-9-13-5-1-3-7-15(13)24/h1-8H,9-12H2,(H,23,26). The Morgan fingerprint density at radius 3 is 2.56 bits per heavy atom. The van der Waals surface area contributed by atoms with Gasteiger partial charge in [-0.05, 0) is 30.2 Å². The van der Waals surface area contributed by atoms with Crippen molar-refractivity contribution in [2.24, 2.45) is 0 Å². The van der Waals surface area contributed by atoms with Crippen molar-refractivity contribution >= 4 is 29.3 Å². The number of nitrogens with one attached hydrogen (secondary N) is 1. The van der Waals surface area contributed by atoms with Crippen molar-refractivity contribution in [2.45, 2.75) is 17.5 Å². The molecule has 0 aliphatic carbocycles. The van der Waals surface area contributed by atoms with Gasteiger partial charge in [0.05, 0.1) is 11.3 Å². The topological polar surface area (TPSA) is 49.4 Å². The quantitative estimate of drug-likeness (QED) is 0.788. The molecule has 0 fully saturated rings. The van der Waals surface area contributed by atoms with E-state index in [1.165, 1.54) is 6.07 Å². The molecule has 142 valence electrons. The number of carbonyl (C=O) groups is 2. The Balaban J connectivity index is 1.65. The lowest BCUT2D eigenvalue weighted by molar-refractivity contribution is -0.123. The van der Waals surface area contributed by atoms with Crippen molar-refractivity contribution in [3.8, 4) is 0 Å². The molecule has 27 heavy (non-hydrogen) atoms. The number of thioether (sulfide) groups is 1. The lowest BCUT2D eigenvalue weighted by atomic mass is 10.2. The summed E-state index contributed by atoms with van der Waals surface area (Å²) in [5, 5.41) is 1.86. The van der Waals surface area contributed by atoms with Crippen LogP contribution in [0.4, 0.5) is 18.9 Å². The number of hydrogen-bond acceptors (Lipinski definition) is 3. The number of hydrogen-bond donors (Lipinski definition) is 1. The van der Waals surface area contributed by atoms with Crippen LogP contribution in [0.25, 0.3) is 0 Å². The summed E-state index contributed by atoms with van der Waals surface area (Å²) < 4.78 is 36.9. The summed E-state index contributed by atoms with van der Waals surface area (Å²) in [4.78, 5) is 26.8. The predicted octanol–water partition coefficient (Wildman–Crippen LogP) is 3.66. The molecular weight excluding hydrogens is 377 g/mol. The zero-order valence-electron chi connectivity index (χ0n) is 14.3. The molecule has 2 aromatic rings. The number of alkyl halides is 3. The second-order valence-corrected chi connectivity index (χ2v) is 7.02. The van der Waals surface area contributed by atoms with Crippen molar-refractivity contribution in [1.82, 2.24) is 5.32 Å². The molecule has 4 nitrogen and oxygen atoms in total. The summed E-state index contributed by atoms with van der Waals surface area (Å²) in [6.07, 6.45) is -3.68. The molecule has 1 heterocycles.